The summed E-state index contributed by atoms with van der Waals surface area (Å²) in [6.45, 7) is 1.97. The standard InChI is InChI=1S/C23H24N4O/c1-26(23(28)21-12-14-27(25-21)16-7-6-13-24-15-16)22-19-10-4-2-8-17(19)18-9-3-5-11-20(18)22/h2-5,8-12,14,16,22,24H,6-7,13,15H2,1H3. The highest BCUT2D eigenvalue weighted by Crippen LogP contribution is 2.45. The first kappa shape index (κ1) is 17.2. The number of nitrogens with zero attached hydrogens (tertiary/aromatic N) is 3. The summed E-state index contributed by atoms with van der Waals surface area (Å²) in [5.74, 6) is -0.0426. The fourth-order valence-electron chi connectivity index (χ4n) is 4.56. The highest BCUT2D eigenvalue weighted by molar-refractivity contribution is 5.93. The molecule has 1 amide bonds. The SMILES string of the molecule is CN(C(=O)c1ccn(C2CCCNC2)n1)C1c2ccccc2-c2ccccc21. The van der Waals surface area contributed by atoms with Gasteiger partial charge in [0, 0.05) is 19.8 Å². The number of nitrogens with one attached hydrogen (secondary N) is 1. The average molecular weight is 372 g/mol. The van der Waals surface area contributed by atoms with Crippen molar-refractivity contribution in [1.29, 1.82) is 0 Å². The van der Waals surface area contributed by atoms with E-state index in [4.69, 9.17) is 0 Å². The zero-order chi connectivity index (χ0) is 19.1. The monoisotopic (exact) mass is 372 g/mol. The number of carbonyl (C=O) groups excluding carboxylic acids is 1. The molecular weight excluding hydrogens is 348 g/mol. The molecule has 2 aromatic carbocycles. The summed E-state index contributed by atoms with van der Waals surface area (Å²) in [7, 11) is 1.88. The van der Waals surface area contributed by atoms with Crippen molar-refractivity contribution >= 4 is 5.91 Å². The molecule has 0 spiro atoms. The van der Waals surface area contributed by atoms with Crippen LogP contribution >= 0.6 is 0 Å². The quantitative estimate of drug-likeness (QED) is 0.763. The van der Waals surface area contributed by atoms with Crippen LogP contribution in [0.25, 0.3) is 11.1 Å². The van der Waals surface area contributed by atoms with Crippen LogP contribution in [0.5, 0.6) is 0 Å². The number of hydrogen-bond acceptors (Lipinski definition) is 3. The van der Waals surface area contributed by atoms with Gasteiger partial charge in [-0.2, -0.15) is 5.10 Å². The minimum absolute atomic E-state index is 0.0426. The van der Waals surface area contributed by atoms with Crippen molar-refractivity contribution in [3.63, 3.8) is 0 Å². The largest absolute Gasteiger partial charge is 0.329 e. The van der Waals surface area contributed by atoms with E-state index < -0.39 is 0 Å². The Balaban J connectivity index is 1.46. The van der Waals surface area contributed by atoms with Crippen LogP contribution in [-0.2, 0) is 0 Å². The van der Waals surface area contributed by atoms with E-state index in [0.717, 1.165) is 25.9 Å². The molecule has 3 aromatic rings. The lowest BCUT2D eigenvalue weighted by atomic mass is 10.0. The number of carbonyl (C=O) groups is 1. The van der Waals surface area contributed by atoms with Crippen molar-refractivity contribution in [3.05, 3.63) is 77.6 Å². The van der Waals surface area contributed by atoms with Gasteiger partial charge in [-0.05, 0) is 47.7 Å². The predicted molar refractivity (Wildman–Crippen MR) is 109 cm³/mol. The summed E-state index contributed by atoms with van der Waals surface area (Å²) in [6.07, 6.45) is 4.18. The van der Waals surface area contributed by atoms with E-state index in [-0.39, 0.29) is 11.9 Å². The molecule has 1 atom stereocenters. The van der Waals surface area contributed by atoms with Crippen molar-refractivity contribution in [2.75, 3.05) is 20.1 Å². The highest BCUT2D eigenvalue weighted by Gasteiger charge is 2.34. The highest BCUT2D eigenvalue weighted by atomic mass is 16.2. The van der Waals surface area contributed by atoms with Gasteiger partial charge < -0.3 is 10.2 Å². The fourth-order valence-corrected chi connectivity index (χ4v) is 4.56. The van der Waals surface area contributed by atoms with E-state index in [1.165, 1.54) is 22.3 Å². The molecule has 2 heterocycles. The van der Waals surface area contributed by atoms with E-state index >= 15 is 0 Å². The molecule has 0 bridgehead atoms. The van der Waals surface area contributed by atoms with E-state index in [1.54, 1.807) is 0 Å². The third kappa shape index (κ3) is 2.74. The van der Waals surface area contributed by atoms with Crippen molar-refractivity contribution in [3.8, 4) is 11.1 Å². The van der Waals surface area contributed by atoms with Crippen LogP contribution in [0.1, 0.15) is 46.5 Å². The number of hydrogen-bond donors (Lipinski definition) is 1. The molecule has 1 aromatic heterocycles. The first-order valence-corrected chi connectivity index (χ1v) is 9.95. The lowest BCUT2D eigenvalue weighted by Gasteiger charge is -2.26. The molecule has 1 unspecified atom stereocenters. The van der Waals surface area contributed by atoms with E-state index in [0.29, 0.717) is 11.7 Å². The minimum Gasteiger partial charge on any atom is -0.329 e. The smallest absolute Gasteiger partial charge is 0.274 e. The van der Waals surface area contributed by atoms with Gasteiger partial charge in [0.1, 0.15) is 5.69 Å². The zero-order valence-electron chi connectivity index (χ0n) is 16.0. The van der Waals surface area contributed by atoms with Gasteiger partial charge in [0.05, 0.1) is 12.1 Å². The van der Waals surface area contributed by atoms with Gasteiger partial charge in [-0.25, -0.2) is 0 Å². The minimum atomic E-state index is -0.0820. The maximum Gasteiger partial charge on any atom is 0.274 e. The van der Waals surface area contributed by atoms with Crippen LogP contribution in [-0.4, -0.2) is 40.7 Å². The molecule has 5 rings (SSSR count). The maximum absolute atomic E-state index is 13.3. The molecule has 0 radical (unpaired) electrons. The Kier molecular flexibility index (Phi) is 4.24. The number of fused-ring (bicyclic) bond motifs is 3. The maximum atomic E-state index is 13.3. The zero-order valence-corrected chi connectivity index (χ0v) is 16.0. The van der Waals surface area contributed by atoms with Gasteiger partial charge in [0.2, 0.25) is 0 Å². The normalized spacial score (nSPS) is 18.5. The van der Waals surface area contributed by atoms with Crippen molar-refractivity contribution in [2.45, 2.75) is 24.9 Å². The van der Waals surface area contributed by atoms with Gasteiger partial charge in [-0.1, -0.05) is 48.5 Å². The first-order valence-electron chi connectivity index (χ1n) is 9.95. The Morgan fingerprint density at radius 2 is 1.75 bits per heavy atom. The molecule has 5 nitrogen and oxygen atoms in total. The predicted octanol–water partition coefficient (Wildman–Crippen LogP) is 3.65. The molecule has 5 heteroatoms. The second kappa shape index (κ2) is 6.91. The van der Waals surface area contributed by atoms with Gasteiger partial charge >= 0.3 is 0 Å². The average Bonchev–Trinajstić information content (AvgIpc) is 3.37. The molecule has 0 saturated carbocycles. The molecule has 2 aliphatic rings. The van der Waals surface area contributed by atoms with Gasteiger partial charge in [-0.15, -0.1) is 0 Å². The lowest BCUT2D eigenvalue weighted by Crippen LogP contribution is -2.33. The van der Waals surface area contributed by atoms with Crippen LogP contribution in [0.2, 0.25) is 0 Å². The number of rotatable bonds is 3. The number of benzene rings is 2. The number of piperidine rings is 1. The molecule has 1 N–H and O–H groups in total. The molecular formula is C23H24N4O. The summed E-state index contributed by atoms with van der Waals surface area (Å²) in [5.41, 5.74) is 5.28. The Bertz CT molecular complexity index is 973. The Morgan fingerprint density at radius 3 is 2.39 bits per heavy atom. The summed E-state index contributed by atoms with van der Waals surface area (Å²) < 4.78 is 1.95. The molecule has 1 aliphatic heterocycles. The van der Waals surface area contributed by atoms with Gasteiger partial charge in [0.25, 0.3) is 5.91 Å². The topological polar surface area (TPSA) is 50.2 Å². The van der Waals surface area contributed by atoms with E-state index in [1.807, 2.05) is 41.0 Å². The summed E-state index contributed by atoms with van der Waals surface area (Å²) in [4.78, 5) is 15.1. The molecule has 1 fully saturated rings. The van der Waals surface area contributed by atoms with Crippen LogP contribution in [0.3, 0.4) is 0 Å². The van der Waals surface area contributed by atoms with Crippen molar-refractivity contribution in [1.82, 2.24) is 20.0 Å². The first-order chi connectivity index (χ1) is 13.7. The third-order valence-electron chi connectivity index (χ3n) is 5.98. The third-order valence-corrected chi connectivity index (χ3v) is 5.98. The molecule has 1 aliphatic carbocycles. The molecule has 28 heavy (non-hydrogen) atoms. The van der Waals surface area contributed by atoms with Crippen LogP contribution < -0.4 is 5.32 Å². The second-order valence-corrected chi connectivity index (χ2v) is 7.67. The fraction of sp³-hybridized carbons (Fsp3) is 0.304. The Hall–Kier alpha value is -2.92. The summed E-state index contributed by atoms with van der Waals surface area (Å²) in [5, 5.41) is 8.03. The Morgan fingerprint density at radius 1 is 1.07 bits per heavy atom. The van der Waals surface area contributed by atoms with Crippen LogP contribution in [0, 0.1) is 0 Å². The van der Waals surface area contributed by atoms with E-state index in [9.17, 15) is 4.79 Å². The van der Waals surface area contributed by atoms with E-state index in [2.05, 4.69) is 46.8 Å². The van der Waals surface area contributed by atoms with Gasteiger partial charge in [-0.3, -0.25) is 9.48 Å². The molecule has 1 saturated heterocycles. The Labute approximate surface area is 165 Å². The van der Waals surface area contributed by atoms with Gasteiger partial charge in [0.15, 0.2) is 0 Å². The van der Waals surface area contributed by atoms with Crippen molar-refractivity contribution < 1.29 is 4.79 Å². The molecule has 142 valence electrons. The van der Waals surface area contributed by atoms with Crippen LogP contribution in [0.4, 0.5) is 0 Å². The second-order valence-electron chi connectivity index (χ2n) is 7.67. The number of aromatic nitrogens is 2. The summed E-state index contributed by atoms with van der Waals surface area (Å²) >= 11 is 0. The summed E-state index contributed by atoms with van der Waals surface area (Å²) in [6, 6.07) is 18.8. The van der Waals surface area contributed by atoms with Crippen LogP contribution in [0.15, 0.2) is 60.8 Å². The number of amides is 1. The van der Waals surface area contributed by atoms with Crippen molar-refractivity contribution in [2.24, 2.45) is 0 Å². The lowest BCUT2D eigenvalue weighted by molar-refractivity contribution is 0.0750.